The summed E-state index contributed by atoms with van der Waals surface area (Å²) in [7, 11) is 0. The van der Waals surface area contributed by atoms with Gasteiger partial charge in [0.1, 0.15) is 0 Å². The molecule has 1 aliphatic heterocycles. The van der Waals surface area contributed by atoms with Crippen molar-refractivity contribution in [2.75, 3.05) is 13.1 Å². The van der Waals surface area contributed by atoms with Gasteiger partial charge in [0.15, 0.2) is 5.96 Å². The van der Waals surface area contributed by atoms with Crippen molar-refractivity contribution in [3.05, 3.63) is 41.4 Å². The summed E-state index contributed by atoms with van der Waals surface area (Å²) in [6.07, 6.45) is 4.05. The number of nitrogens with two attached hydrogens (primary N) is 2. The van der Waals surface area contributed by atoms with Crippen LogP contribution in [0.3, 0.4) is 0 Å². The minimum absolute atomic E-state index is 0.127. The molecule has 0 aromatic heterocycles. The van der Waals surface area contributed by atoms with E-state index >= 15 is 0 Å². The highest BCUT2D eigenvalue weighted by Gasteiger charge is 2.08. The molecule has 0 amide bonds. The van der Waals surface area contributed by atoms with Crippen molar-refractivity contribution >= 4 is 29.2 Å². The maximum Gasteiger partial charge on any atom is 0.223 e. The van der Waals surface area contributed by atoms with E-state index in [1.807, 2.05) is 17.1 Å². The summed E-state index contributed by atoms with van der Waals surface area (Å²) in [4.78, 5) is 10.1. The van der Waals surface area contributed by atoms with E-state index in [0.29, 0.717) is 16.7 Å². The number of guanidine groups is 2. The van der Waals surface area contributed by atoms with E-state index in [9.17, 15) is 0 Å². The number of hydrogen-bond acceptors (Lipinski definition) is 1. The first kappa shape index (κ1) is 12.4. The van der Waals surface area contributed by atoms with Crippen molar-refractivity contribution in [2.24, 2.45) is 21.5 Å². The topological polar surface area (TPSA) is 80.0 Å². The summed E-state index contributed by atoms with van der Waals surface area (Å²) in [5, 5.41) is 0.652. The van der Waals surface area contributed by atoms with Gasteiger partial charge in [-0.05, 0) is 24.3 Å². The van der Waals surface area contributed by atoms with Crippen molar-refractivity contribution in [3.63, 3.8) is 0 Å². The summed E-state index contributed by atoms with van der Waals surface area (Å²) in [5.74, 6) is 0.497. The van der Waals surface area contributed by atoms with Crippen LogP contribution in [0.15, 0.2) is 46.4 Å². The largest absolute Gasteiger partial charge is 0.369 e. The molecule has 1 aromatic rings. The molecule has 1 aromatic carbocycles. The van der Waals surface area contributed by atoms with Crippen molar-refractivity contribution in [3.8, 4) is 0 Å². The lowest BCUT2D eigenvalue weighted by molar-refractivity contribution is 0.534. The van der Waals surface area contributed by atoms with E-state index in [2.05, 4.69) is 9.98 Å². The fraction of sp³-hybridized carbons (Fsp3) is 0.167. The Bertz CT molecular complexity index is 496. The van der Waals surface area contributed by atoms with E-state index in [1.54, 1.807) is 24.3 Å². The van der Waals surface area contributed by atoms with Crippen LogP contribution in [-0.2, 0) is 0 Å². The predicted octanol–water partition coefficient (Wildman–Crippen LogP) is 1.47. The first-order valence-electron chi connectivity index (χ1n) is 5.49. The first-order valence-corrected chi connectivity index (χ1v) is 5.87. The molecule has 6 heteroatoms. The molecule has 4 N–H and O–H groups in total. The quantitative estimate of drug-likeness (QED) is 0.457. The highest BCUT2D eigenvalue weighted by molar-refractivity contribution is 6.30. The molecule has 18 heavy (non-hydrogen) atoms. The van der Waals surface area contributed by atoms with E-state index in [0.717, 1.165) is 13.1 Å². The highest BCUT2D eigenvalue weighted by Crippen LogP contribution is 2.16. The van der Waals surface area contributed by atoms with Gasteiger partial charge >= 0.3 is 0 Å². The zero-order valence-electron chi connectivity index (χ0n) is 9.75. The molecular formula is C12H14ClN5. The Balaban J connectivity index is 2.08. The molecule has 0 unspecified atom stereocenters. The highest BCUT2D eigenvalue weighted by atomic mass is 35.5. The molecule has 0 fully saturated rings. The van der Waals surface area contributed by atoms with Crippen molar-refractivity contribution < 1.29 is 0 Å². The van der Waals surface area contributed by atoms with Gasteiger partial charge in [-0.1, -0.05) is 23.8 Å². The van der Waals surface area contributed by atoms with Gasteiger partial charge in [-0.25, -0.2) is 4.99 Å². The summed E-state index contributed by atoms with van der Waals surface area (Å²) in [6, 6.07) is 7.01. The van der Waals surface area contributed by atoms with Crippen LogP contribution in [0.2, 0.25) is 5.02 Å². The first-order chi connectivity index (χ1) is 8.65. The molecule has 94 valence electrons. The van der Waals surface area contributed by atoms with Crippen LogP contribution in [0.25, 0.3) is 0 Å². The van der Waals surface area contributed by atoms with Gasteiger partial charge in [0.2, 0.25) is 5.96 Å². The number of hydrogen-bond donors (Lipinski definition) is 2. The third-order valence-corrected chi connectivity index (χ3v) is 2.69. The summed E-state index contributed by atoms with van der Waals surface area (Å²) < 4.78 is 0. The van der Waals surface area contributed by atoms with Gasteiger partial charge in [0.05, 0.1) is 5.69 Å². The third-order valence-electron chi connectivity index (χ3n) is 2.44. The van der Waals surface area contributed by atoms with Gasteiger partial charge in [0.25, 0.3) is 0 Å². The van der Waals surface area contributed by atoms with Crippen molar-refractivity contribution in [2.45, 2.75) is 0 Å². The molecule has 2 rings (SSSR count). The molecule has 0 saturated carbocycles. The molecule has 0 spiro atoms. The lowest BCUT2D eigenvalue weighted by atomic mass is 10.3. The van der Waals surface area contributed by atoms with Gasteiger partial charge < -0.3 is 16.4 Å². The van der Waals surface area contributed by atoms with E-state index in [1.165, 1.54) is 0 Å². The minimum Gasteiger partial charge on any atom is -0.369 e. The van der Waals surface area contributed by atoms with Gasteiger partial charge in [-0.2, -0.15) is 4.99 Å². The SMILES string of the molecule is NC(=Nc1ccc(Cl)cc1)/N=C(/N)N1CC=CC1. The van der Waals surface area contributed by atoms with Crippen LogP contribution in [0.4, 0.5) is 5.69 Å². The molecule has 0 aliphatic carbocycles. The molecule has 0 atom stereocenters. The average Bonchev–Trinajstić information content (AvgIpc) is 2.85. The molecule has 0 saturated heterocycles. The van der Waals surface area contributed by atoms with Crippen LogP contribution in [-0.4, -0.2) is 29.9 Å². The van der Waals surface area contributed by atoms with Crippen LogP contribution >= 0.6 is 11.6 Å². The fourth-order valence-corrected chi connectivity index (χ4v) is 1.65. The Kier molecular flexibility index (Phi) is 3.84. The smallest absolute Gasteiger partial charge is 0.223 e. The zero-order chi connectivity index (χ0) is 13.0. The number of benzene rings is 1. The van der Waals surface area contributed by atoms with Crippen LogP contribution in [0.5, 0.6) is 0 Å². The zero-order valence-corrected chi connectivity index (χ0v) is 10.5. The standard InChI is InChI=1S/C12H14ClN5/c13-9-3-5-10(6-4-9)16-11(14)17-12(15)18-7-1-2-8-18/h1-6H,7-8H2,(H4,14,15,16,17). The molecule has 0 bridgehead atoms. The maximum absolute atomic E-state index is 5.81. The van der Waals surface area contributed by atoms with Gasteiger partial charge in [-0.3, -0.25) is 0 Å². The average molecular weight is 264 g/mol. The lowest BCUT2D eigenvalue weighted by Crippen LogP contribution is -2.36. The van der Waals surface area contributed by atoms with E-state index < -0.39 is 0 Å². The Labute approximate surface area is 110 Å². The number of nitrogens with zero attached hydrogens (tertiary/aromatic N) is 3. The second kappa shape index (κ2) is 5.55. The van der Waals surface area contributed by atoms with Crippen LogP contribution in [0.1, 0.15) is 0 Å². The summed E-state index contributed by atoms with van der Waals surface area (Å²) >= 11 is 5.78. The lowest BCUT2D eigenvalue weighted by Gasteiger charge is -2.15. The number of halogens is 1. The van der Waals surface area contributed by atoms with Crippen LogP contribution < -0.4 is 11.5 Å². The normalized spacial score (nSPS) is 16.4. The maximum atomic E-state index is 5.81. The molecule has 1 heterocycles. The van der Waals surface area contributed by atoms with Crippen molar-refractivity contribution in [1.29, 1.82) is 0 Å². The van der Waals surface area contributed by atoms with E-state index in [4.69, 9.17) is 23.1 Å². The number of aliphatic imine (C=N–C) groups is 2. The molecule has 5 nitrogen and oxygen atoms in total. The second-order valence-corrected chi connectivity index (χ2v) is 4.23. The third kappa shape index (κ3) is 3.24. The molecule has 0 radical (unpaired) electrons. The molecule has 1 aliphatic rings. The second-order valence-electron chi connectivity index (χ2n) is 3.79. The summed E-state index contributed by atoms with van der Waals surface area (Å²) in [6.45, 7) is 1.51. The van der Waals surface area contributed by atoms with Crippen molar-refractivity contribution in [1.82, 2.24) is 4.90 Å². The van der Waals surface area contributed by atoms with Gasteiger partial charge in [-0.15, -0.1) is 0 Å². The van der Waals surface area contributed by atoms with E-state index in [-0.39, 0.29) is 5.96 Å². The number of rotatable bonds is 1. The van der Waals surface area contributed by atoms with Gasteiger partial charge in [0, 0.05) is 18.1 Å². The molecular weight excluding hydrogens is 250 g/mol. The predicted molar refractivity (Wildman–Crippen MR) is 75.1 cm³/mol. The van der Waals surface area contributed by atoms with Crippen LogP contribution in [0, 0.1) is 0 Å². The Morgan fingerprint density at radius 3 is 2.33 bits per heavy atom. The monoisotopic (exact) mass is 263 g/mol. The fourth-order valence-electron chi connectivity index (χ4n) is 1.53. The Morgan fingerprint density at radius 2 is 1.72 bits per heavy atom. The Morgan fingerprint density at radius 1 is 1.11 bits per heavy atom. The summed E-state index contributed by atoms with van der Waals surface area (Å²) in [5.41, 5.74) is 12.2. The minimum atomic E-state index is 0.127. The Hall–Kier alpha value is -2.01.